The number of nitrogens with zero attached hydrogens (tertiary/aromatic N) is 1. The van der Waals surface area contributed by atoms with E-state index in [2.05, 4.69) is 5.32 Å². The van der Waals surface area contributed by atoms with Crippen molar-refractivity contribution < 1.29 is 9.59 Å². The van der Waals surface area contributed by atoms with Crippen molar-refractivity contribution in [1.82, 2.24) is 10.2 Å². The predicted molar refractivity (Wildman–Crippen MR) is 73.8 cm³/mol. The molecule has 0 aromatic heterocycles. The first-order valence-electron chi connectivity index (χ1n) is 6.46. The highest BCUT2D eigenvalue weighted by Crippen LogP contribution is 2.26. The molecule has 2 amide bonds. The fourth-order valence-corrected chi connectivity index (χ4v) is 2.50. The second-order valence-electron chi connectivity index (χ2n) is 4.59. The zero-order valence-electron chi connectivity index (χ0n) is 10.9. The van der Waals surface area contributed by atoms with Crippen LogP contribution in [-0.4, -0.2) is 29.8 Å². The normalized spacial score (nSPS) is 19.2. The van der Waals surface area contributed by atoms with E-state index in [1.165, 1.54) is 0 Å². The van der Waals surface area contributed by atoms with Gasteiger partial charge in [0, 0.05) is 24.5 Å². The van der Waals surface area contributed by atoms with Crippen LogP contribution in [0.2, 0.25) is 5.02 Å². The largest absolute Gasteiger partial charge is 0.352 e. The minimum Gasteiger partial charge on any atom is -0.352 e. The number of rotatable bonds is 3. The molecule has 0 aliphatic carbocycles. The van der Waals surface area contributed by atoms with Crippen LogP contribution in [0.25, 0.3) is 0 Å². The maximum Gasteiger partial charge on any atom is 0.247 e. The van der Waals surface area contributed by atoms with Gasteiger partial charge >= 0.3 is 0 Å². The van der Waals surface area contributed by atoms with E-state index in [0.29, 0.717) is 24.5 Å². The molecule has 19 heavy (non-hydrogen) atoms. The van der Waals surface area contributed by atoms with Gasteiger partial charge in [0.05, 0.1) is 0 Å². The summed E-state index contributed by atoms with van der Waals surface area (Å²) in [6.45, 7) is 3.00. The fraction of sp³-hybridized carbons (Fsp3) is 0.429. The number of carbonyl (C=O) groups excluding carboxylic acids is 2. The van der Waals surface area contributed by atoms with Gasteiger partial charge in [0.2, 0.25) is 11.8 Å². The molecule has 1 aliphatic rings. The third-order valence-electron chi connectivity index (χ3n) is 3.16. The Labute approximate surface area is 117 Å². The Bertz CT molecular complexity index is 490. The standard InChI is InChI=1S/C14H17ClN2O2/c1-2-4-12(18)17-8-7-16-14(19)13(17)10-5-3-6-11(15)9-10/h3,5-6,9,13H,2,4,7-8H2,1H3,(H,16,19). The predicted octanol–water partition coefficient (Wildman–Crippen LogP) is 2.14. The maximum absolute atomic E-state index is 12.1. The van der Waals surface area contributed by atoms with Crippen molar-refractivity contribution in [2.75, 3.05) is 13.1 Å². The number of benzene rings is 1. The maximum atomic E-state index is 12.1. The first kappa shape index (κ1) is 13.9. The molecule has 2 rings (SSSR count). The van der Waals surface area contributed by atoms with E-state index in [9.17, 15) is 9.59 Å². The topological polar surface area (TPSA) is 49.4 Å². The Hall–Kier alpha value is -1.55. The quantitative estimate of drug-likeness (QED) is 0.922. The Morgan fingerprint density at radius 2 is 2.32 bits per heavy atom. The number of hydrogen-bond donors (Lipinski definition) is 1. The minimum atomic E-state index is -0.563. The first-order valence-corrected chi connectivity index (χ1v) is 6.84. The summed E-state index contributed by atoms with van der Waals surface area (Å²) in [5.41, 5.74) is 0.758. The summed E-state index contributed by atoms with van der Waals surface area (Å²) in [7, 11) is 0. The lowest BCUT2D eigenvalue weighted by molar-refractivity contribution is -0.143. The molecule has 1 aromatic carbocycles. The van der Waals surface area contributed by atoms with E-state index in [1.54, 1.807) is 23.1 Å². The van der Waals surface area contributed by atoms with E-state index >= 15 is 0 Å². The lowest BCUT2D eigenvalue weighted by atomic mass is 10.0. The molecule has 1 unspecified atom stereocenters. The Morgan fingerprint density at radius 3 is 3.00 bits per heavy atom. The molecule has 5 heteroatoms. The highest BCUT2D eigenvalue weighted by Gasteiger charge is 2.33. The molecule has 0 radical (unpaired) electrons. The van der Waals surface area contributed by atoms with Crippen molar-refractivity contribution in [3.8, 4) is 0 Å². The van der Waals surface area contributed by atoms with E-state index in [4.69, 9.17) is 11.6 Å². The summed E-state index contributed by atoms with van der Waals surface area (Å²) < 4.78 is 0. The van der Waals surface area contributed by atoms with Crippen molar-refractivity contribution in [3.05, 3.63) is 34.9 Å². The van der Waals surface area contributed by atoms with Gasteiger partial charge < -0.3 is 10.2 Å². The summed E-state index contributed by atoms with van der Waals surface area (Å²) in [6.07, 6.45) is 1.24. The number of amides is 2. The van der Waals surface area contributed by atoms with Crippen LogP contribution in [0.15, 0.2) is 24.3 Å². The highest BCUT2D eigenvalue weighted by molar-refractivity contribution is 6.30. The molecule has 0 bridgehead atoms. The van der Waals surface area contributed by atoms with Crippen molar-refractivity contribution in [1.29, 1.82) is 0 Å². The molecular weight excluding hydrogens is 264 g/mol. The molecule has 4 nitrogen and oxygen atoms in total. The smallest absolute Gasteiger partial charge is 0.247 e. The molecule has 1 fully saturated rings. The minimum absolute atomic E-state index is 0.0160. The summed E-state index contributed by atoms with van der Waals surface area (Å²) in [6, 6.07) is 6.55. The molecule has 0 spiro atoms. The first-order chi connectivity index (χ1) is 9.13. The molecule has 102 valence electrons. The summed E-state index contributed by atoms with van der Waals surface area (Å²) in [4.78, 5) is 25.8. The van der Waals surface area contributed by atoms with Gasteiger partial charge in [0.1, 0.15) is 6.04 Å². The Morgan fingerprint density at radius 1 is 1.53 bits per heavy atom. The number of piperazine rings is 1. The van der Waals surface area contributed by atoms with Crippen LogP contribution in [0, 0.1) is 0 Å². The van der Waals surface area contributed by atoms with Crippen molar-refractivity contribution in [2.45, 2.75) is 25.8 Å². The van der Waals surface area contributed by atoms with Gasteiger partial charge in [-0.25, -0.2) is 0 Å². The zero-order valence-corrected chi connectivity index (χ0v) is 11.6. The van der Waals surface area contributed by atoms with Gasteiger partial charge in [-0.15, -0.1) is 0 Å². The van der Waals surface area contributed by atoms with E-state index in [0.717, 1.165) is 12.0 Å². The van der Waals surface area contributed by atoms with Crippen LogP contribution in [0.5, 0.6) is 0 Å². The van der Waals surface area contributed by atoms with Crippen LogP contribution in [0.3, 0.4) is 0 Å². The molecule has 1 aromatic rings. The van der Waals surface area contributed by atoms with Gasteiger partial charge in [-0.2, -0.15) is 0 Å². The van der Waals surface area contributed by atoms with Gasteiger partial charge in [-0.3, -0.25) is 9.59 Å². The third-order valence-corrected chi connectivity index (χ3v) is 3.40. The third kappa shape index (κ3) is 3.07. The molecule has 1 heterocycles. The van der Waals surface area contributed by atoms with Gasteiger partial charge in [-0.05, 0) is 24.1 Å². The van der Waals surface area contributed by atoms with Crippen molar-refractivity contribution >= 4 is 23.4 Å². The number of halogens is 1. The van der Waals surface area contributed by atoms with Gasteiger partial charge in [0.25, 0.3) is 0 Å². The average Bonchev–Trinajstić information content (AvgIpc) is 2.38. The molecule has 1 atom stereocenters. The number of nitrogens with one attached hydrogen (secondary N) is 1. The Kier molecular flexibility index (Phi) is 4.43. The van der Waals surface area contributed by atoms with E-state index in [1.807, 2.05) is 13.0 Å². The summed E-state index contributed by atoms with van der Waals surface area (Å²) in [5.74, 6) is -0.125. The SMILES string of the molecule is CCCC(=O)N1CCNC(=O)C1c1cccc(Cl)c1. The van der Waals surface area contributed by atoms with Crippen LogP contribution >= 0.6 is 11.6 Å². The van der Waals surface area contributed by atoms with Crippen LogP contribution in [0.4, 0.5) is 0 Å². The molecule has 1 N–H and O–H groups in total. The van der Waals surface area contributed by atoms with Crippen LogP contribution in [0.1, 0.15) is 31.4 Å². The van der Waals surface area contributed by atoms with Gasteiger partial charge in [0.15, 0.2) is 0 Å². The average molecular weight is 281 g/mol. The van der Waals surface area contributed by atoms with E-state index < -0.39 is 6.04 Å². The van der Waals surface area contributed by atoms with Crippen molar-refractivity contribution in [3.63, 3.8) is 0 Å². The van der Waals surface area contributed by atoms with Crippen LogP contribution in [-0.2, 0) is 9.59 Å². The zero-order chi connectivity index (χ0) is 13.8. The lowest BCUT2D eigenvalue weighted by Crippen LogP contribution is -2.52. The second kappa shape index (κ2) is 6.06. The monoisotopic (exact) mass is 280 g/mol. The lowest BCUT2D eigenvalue weighted by Gasteiger charge is -2.35. The fourth-order valence-electron chi connectivity index (χ4n) is 2.30. The molecular formula is C14H17ClN2O2. The van der Waals surface area contributed by atoms with Gasteiger partial charge in [-0.1, -0.05) is 30.7 Å². The summed E-state index contributed by atoms with van der Waals surface area (Å²) in [5, 5.41) is 3.37. The van der Waals surface area contributed by atoms with Crippen molar-refractivity contribution in [2.24, 2.45) is 0 Å². The molecule has 0 saturated carbocycles. The molecule has 1 saturated heterocycles. The van der Waals surface area contributed by atoms with E-state index in [-0.39, 0.29) is 11.8 Å². The number of carbonyl (C=O) groups is 2. The number of hydrogen-bond acceptors (Lipinski definition) is 2. The van der Waals surface area contributed by atoms with Crippen LogP contribution < -0.4 is 5.32 Å². The Balaban J connectivity index is 2.31. The highest BCUT2D eigenvalue weighted by atomic mass is 35.5. The second-order valence-corrected chi connectivity index (χ2v) is 5.02. The summed E-state index contributed by atoms with van der Waals surface area (Å²) >= 11 is 5.97. The molecule has 1 aliphatic heterocycles.